The predicted octanol–water partition coefficient (Wildman–Crippen LogP) is 1.96. The molecule has 0 spiro atoms. The molecule has 0 unspecified atom stereocenters. The molecule has 30 heavy (non-hydrogen) atoms. The lowest BCUT2D eigenvalue weighted by atomic mass is 9.95. The van der Waals surface area contributed by atoms with Crippen LogP contribution < -0.4 is 19.9 Å². The van der Waals surface area contributed by atoms with Crippen LogP contribution in [-0.4, -0.2) is 45.5 Å². The zero-order valence-corrected chi connectivity index (χ0v) is 17.4. The van der Waals surface area contributed by atoms with Crippen LogP contribution in [0.4, 0.5) is 5.69 Å². The second-order valence-electron chi connectivity index (χ2n) is 7.55. The van der Waals surface area contributed by atoms with Crippen molar-refractivity contribution in [2.24, 2.45) is 11.1 Å². The number of primary sulfonamides is 1. The van der Waals surface area contributed by atoms with Crippen LogP contribution in [0.3, 0.4) is 0 Å². The topological polar surface area (TPSA) is 111 Å². The van der Waals surface area contributed by atoms with Crippen molar-refractivity contribution in [2.45, 2.75) is 24.3 Å². The number of nitrogens with two attached hydrogens (primary N) is 1. The number of benzene rings is 2. The molecule has 4 rings (SSSR count). The van der Waals surface area contributed by atoms with Gasteiger partial charge in [0.05, 0.1) is 4.90 Å². The van der Waals surface area contributed by atoms with Crippen molar-refractivity contribution in [3.63, 3.8) is 0 Å². The molecule has 0 atom stereocenters. The fourth-order valence-corrected chi connectivity index (χ4v) is 4.34. The lowest BCUT2D eigenvalue weighted by molar-refractivity contribution is -0.121. The van der Waals surface area contributed by atoms with Gasteiger partial charge in [0.25, 0.3) is 0 Å². The van der Waals surface area contributed by atoms with Crippen molar-refractivity contribution in [3.05, 3.63) is 48.0 Å². The second-order valence-corrected chi connectivity index (χ2v) is 9.11. The average molecular weight is 432 g/mol. The van der Waals surface area contributed by atoms with E-state index in [2.05, 4.69) is 16.3 Å². The van der Waals surface area contributed by atoms with Crippen LogP contribution >= 0.6 is 0 Å². The first-order valence-electron chi connectivity index (χ1n) is 9.94. The largest absolute Gasteiger partial charge is 0.486 e. The van der Waals surface area contributed by atoms with Crippen LogP contribution in [0.2, 0.25) is 0 Å². The number of nitrogens with zero attached hydrogens (tertiary/aromatic N) is 1. The van der Waals surface area contributed by atoms with Gasteiger partial charge in [0.2, 0.25) is 15.9 Å². The van der Waals surface area contributed by atoms with E-state index in [1.165, 1.54) is 12.1 Å². The number of ether oxygens (including phenoxy) is 2. The number of sulfonamides is 1. The Kier molecular flexibility index (Phi) is 5.94. The van der Waals surface area contributed by atoms with Crippen LogP contribution in [0.1, 0.15) is 18.4 Å². The molecule has 2 aromatic rings. The van der Waals surface area contributed by atoms with E-state index in [9.17, 15) is 13.2 Å². The third kappa shape index (κ3) is 4.75. The van der Waals surface area contributed by atoms with Gasteiger partial charge < -0.3 is 14.8 Å². The van der Waals surface area contributed by atoms with E-state index >= 15 is 0 Å². The predicted molar refractivity (Wildman–Crippen MR) is 112 cm³/mol. The standard InChI is InChI=1S/C21H25N3O5S/c22-30(26,27)18-6-4-17(5-7-18)23-21(25)15-8-10-24(11-9-15)14-16-2-1-3-19-20(16)29-13-12-28-19/h1-7,15H,8-14H2,(H,23,25)(H2,22,26,27). The summed E-state index contributed by atoms with van der Waals surface area (Å²) in [5.41, 5.74) is 1.66. The van der Waals surface area contributed by atoms with Crippen LogP contribution in [0.5, 0.6) is 11.5 Å². The number of carbonyl (C=O) groups is 1. The minimum Gasteiger partial charge on any atom is -0.486 e. The molecule has 0 aliphatic carbocycles. The van der Waals surface area contributed by atoms with E-state index in [4.69, 9.17) is 14.6 Å². The molecular weight excluding hydrogens is 406 g/mol. The summed E-state index contributed by atoms with van der Waals surface area (Å²) < 4.78 is 34.1. The van der Waals surface area contributed by atoms with Gasteiger partial charge in [-0.3, -0.25) is 9.69 Å². The van der Waals surface area contributed by atoms with Crippen molar-refractivity contribution < 1.29 is 22.7 Å². The molecule has 0 radical (unpaired) electrons. The summed E-state index contributed by atoms with van der Waals surface area (Å²) >= 11 is 0. The Balaban J connectivity index is 1.31. The molecule has 3 N–H and O–H groups in total. The van der Waals surface area contributed by atoms with E-state index in [1.807, 2.05) is 12.1 Å². The summed E-state index contributed by atoms with van der Waals surface area (Å²) in [4.78, 5) is 14.9. The molecule has 2 aliphatic rings. The number of para-hydroxylation sites is 1. The Morgan fingerprint density at radius 2 is 1.77 bits per heavy atom. The maximum atomic E-state index is 12.6. The first-order chi connectivity index (χ1) is 14.4. The molecule has 2 aliphatic heterocycles. The Morgan fingerprint density at radius 3 is 2.47 bits per heavy atom. The summed E-state index contributed by atoms with van der Waals surface area (Å²) in [7, 11) is -3.74. The van der Waals surface area contributed by atoms with Gasteiger partial charge >= 0.3 is 0 Å². The van der Waals surface area contributed by atoms with Crippen molar-refractivity contribution >= 4 is 21.6 Å². The van der Waals surface area contributed by atoms with E-state index in [-0.39, 0.29) is 16.7 Å². The van der Waals surface area contributed by atoms with Crippen molar-refractivity contribution in [2.75, 3.05) is 31.6 Å². The molecule has 2 aromatic carbocycles. The zero-order chi connectivity index (χ0) is 21.1. The van der Waals surface area contributed by atoms with Crippen LogP contribution in [0, 0.1) is 5.92 Å². The number of hydrogen-bond donors (Lipinski definition) is 2. The van der Waals surface area contributed by atoms with E-state index < -0.39 is 10.0 Å². The van der Waals surface area contributed by atoms with Gasteiger partial charge in [-0.2, -0.15) is 0 Å². The minimum absolute atomic E-state index is 0.0197. The number of hydrogen-bond acceptors (Lipinski definition) is 6. The number of anilines is 1. The van der Waals surface area contributed by atoms with Gasteiger partial charge in [0.1, 0.15) is 13.2 Å². The lowest BCUT2D eigenvalue weighted by Crippen LogP contribution is -2.38. The fraction of sp³-hybridized carbons (Fsp3) is 0.381. The Bertz CT molecular complexity index is 1020. The fourth-order valence-electron chi connectivity index (χ4n) is 3.83. The van der Waals surface area contributed by atoms with Crippen molar-refractivity contribution in [3.8, 4) is 11.5 Å². The molecule has 0 bridgehead atoms. The molecule has 8 nitrogen and oxygen atoms in total. The van der Waals surface area contributed by atoms with Crippen LogP contribution in [0.15, 0.2) is 47.4 Å². The molecule has 1 amide bonds. The Morgan fingerprint density at radius 1 is 1.07 bits per heavy atom. The number of nitrogens with one attached hydrogen (secondary N) is 1. The molecule has 1 fully saturated rings. The summed E-state index contributed by atoms with van der Waals surface area (Å²) in [6.45, 7) is 3.52. The maximum absolute atomic E-state index is 12.6. The summed E-state index contributed by atoms with van der Waals surface area (Å²) in [5, 5.41) is 7.96. The smallest absolute Gasteiger partial charge is 0.238 e. The normalized spacial score (nSPS) is 17.5. The van der Waals surface area contributed by atoms with Gasteiger partial charge in [-0.15, -0.1) is 0 Å². The number of amides is 1. The Labute approximate surface area is 176 Å². The first-order valence-corrected chi connectivity index (χ1v) is 11.5. The first kappa shape index (κ1) is 20.6. The third-order valence-corrected chi connectivity index (χ3v) is 6.38. The molecule has 0 aromatic heterocycles. The van der Waals surface area contributed by atoms with E-state index in [1.54, 1.807) is 12.1 Å². The number of likely N-dealkylation sites (tertiary alicyclic amines) is 1. The molecule has 0 saturated carbocycles. The highest BCUT2D eigenvalue weighted by Crippen LogP contribution is 2.35. The average Bonchev–Trinajstić information content (AvgIpc) is 2.74. The van der Waals surface area contributed by atoms with E-state index in [0.29, 0.717) is 18.9 Å². The monoisotopic (exact) mass is 431 g/mol. The molecular formula is C21H25N3O5S. The Hall–Kier alpha value is -2.62. The van der Waals surface area contributed by atoms with Crippen molar-refractivity contribution in [1.82, 2.24) is 4.90 Å². The highest BCUT2D eigenvalue weighted by Gasteiger charge is 2.26. The summed E-state index contributed by atoms with van der Waals surface area (Å²) in [6, 6.07) is 11.8. The lowest BCUT2D eigenvalue weighted by Gasteiger charge is -2.32. The highest BCUT2D eigenvalue weighted by atomic mass is 32.2. The van der Waals surface area contributed by atoms with Gasteiger partial charge in [0, 0.05) is 23.7 Å². The number of fused-ring (bicyclic) bond motifs is 1. The zero-order valence-electron chi connectivity index (χ0n) is 16.5. The summed E-state index contributed by atoms with van der Waals surface area (Å²) in [5.74, 6) is 1.49. The minimum atomic E-state index is -3.74. The molecule has 160 valence electrons. The van der Waals surface area contributed by atoms with Gasteiger partial charge in [-0.25, -0.2) is 13.6 Å². The quantitative estimate of drug-likeness (QED) is 0.749. The molecule has 1 saturated heterocycles. The number of piperidine rings is 1. The highest BCUT2D eigenvalue weighted by molar-refractivity contribution is 7.89. The number of rotatable bonds is 5. The molecule has 2 heterocycles. The van der Waals surface area contributed by atoms with Gasteiger partial charge in [-0.1, -0.05) is 12.1 Å². The van der Waals surface area contributed by atoms with Gasteiger partial charge in [0.15, 0.2) is 11.5 Å². The van der Waals surface area contributed by atoms with Gasteiger partial charge in [-0.05, 0) is 56.3 Å². The van der Waals surface area contributed by atoms with Crippen molar-refractivity contribution in [1.29, 1.82) is 0 Å². The van der Waals surface area contributed by atoms with E-state index in [0.717, 1.165) is 49.5 Å². The van der Waals surface area contributed by atoms with Crippen LogP contribution in [0.25, 0.3) is 0 Å². The third-order valence-electron chi connectivity index (χ3n) is 5.45. The molecule has 9 heteroatoms. The maximum Gasteiger partial charge on any atom is 0.238 e. The van der Waals surface area contributed by atoms with Crippen LogP contribution in [-0.2, 0) is 21.4 Å². The SMILES string of the molecule is NS(=O)(=O)c1ccc(NC(=O)C2CCN(Cc3cccc4c3OCCO4)CC2)cc1. The second kappa shape index (κ2) is 8.63. The number of carbonyl (C=O) groups excluding carboxylic acids is 1. The summed E-state index contributed by atoms with van der Waals surface area (Å²) in [6.07, 6.45) is 1.51.